The molecule has 0 aliphatic rings. The van der Waals surface area contributed by atoms with Gasteiger partial charge in [0.05, 0.1) is 0 Å². The van der Waals surface area contributed by atoms with E-state index in [0.717, 1.165) is 37.9 Å². The summed E-state index contributed by atoms with van der Waals surface area (Å²) in [4.78, 5) is 44.2. The molecule has 0 saturated carbocycles. The molecular formula is C23H35N5O3. The van der Waals surface area contributed by atoms with Crippen LogP contribution in [0.2, 0.25) is 0 Å². The Kier molecular flexibility index (Phi) is 8.90. The molecule has 8 heteroatoms. The fourth-order valence-electron chi connectivity index (χ4n) is 3.49. The van der Waals surface area contributed by atoms with Crippen molar-refractivity contribution in [2.45, 2.75) is 59.4 Å². The van der Waals surface area contributed by atoms with Gasteiger partial charge in [0.1, 0.15) is 5.82 Å². The van der Waals surface area contributed by atoms with E-state index in [9.17, 15) is 14.4 Å². The van der Waals surface area contributed by atoms with Gasteiger partial charge in [-0.1, -0.05) is 33.6 Å². The summed E-state index contributed by atoms with van der Waals surface area (Å²) in [6, 6.07) is 7.33. The molecule has 0 radical (unpaired) electrons. The summed E-state index contributed by atoms with van der Waals surface area (Å²) in [6.07, 6.45) is 4.19. The van der Waals surface area contributed by atoms with E-state index in [1.807, 2.05) is 33.0 Å². The van der Waals surface area contributed by atoms with Crippen LogP contribution in [0.3, 0.4) is 0 Å². The number of anilines is 3. The molecule has 1 aromatic heterocycles. The third-order valence-corrected chi connectivity index (χ3v) is 5.31. The van der Waals surface area contributed by atoms with Gasteiger partial charge in [-0.05, 0) is 43.5 Å². The monoisotopic (exact) mass is 429 g/mol. The number of nitrogens with two attached hydrogens (primary N) is 1. The summed E-state index contributed by atoms with van der Waals surface area (Å²) in [7, 11) is 2.01. The van der Waals surface area contributed by atoms with E-state index < -0.39 is 11.2 Å². The van der Waals surface area contributed by atoms with Crippen LogP contribution >= 0.6 is 0 Å². The Morgan fingerprint density at radius 2 is 1.65 bits per heavy atom. The predicted octanol–water partition coefficient (Wildman–Crippen LogP) is 3.21. The van der Waals surface area contributed by atoms with Crippen LogP contribution < -0.4 is 26.8 Å². The Hall–Kier alpha value is -3.03. The summed E-state index contributed by atoms with van der Waals surface area (Å²) in [5, 5.41) is 0. The van der Waals surface area contributed by atoms with E-state index in [0.29, 0.717) is 25.1 Å². The maximum atomic E-state index is 13.4. The average molecular weight is 430 g/mol. The van der Waals surface area contributed by atoms with E-state index >= 15 is 0 Å². The highest BCUT2D eigenvalue weighted by Gasteiger charge is 2.25. The van der Waals surface area contributed by atoms with Crippen LogP contribution in [0.1, 0.15) is 63.2 Å². The van der Waals surface area contributed by atoms with Gasteiger partial charge in [-0.15, -0.1) is 0 Å². The second kappa shape index (κ2) is 11.4. The molecule has 3 N–H and O–H groups in total. The van der Waals surface area contributed by atoms with Crippen molar-refractivity contribution < 1.29 is 4.79 Å². The minimum Gasteiger partial charge on any atom is -0.383 e. The topological polar surface area (TPSA) is 104 Å². The molecule has 0 aliphatic heterocycles. The summed E-state index contributed by atoms with van der Waals surface area (Å²) in [6.45, 7) is 7.78. The molecule has 1 aromatic carbocycles. The summed E-state index contributed by atoms with van der Waals surface area (Å²) in [5.41, 5.74) is 6.59. The van der Waals surface area contributed by atoms with Crippen molar-refractivity contribution in [1.29, 1.82) is 0 Å². The molecule has 1 amide bonds. The first-order valence-corrected chi connectivity index (χ1v) is 11.1. The number of aromatic amines is 1. The van der Waals surface area contributed by atoms with Gasteiger partial charge in [0.15, 0.2) is 5.69 Å². The minimum absolute atomic E-state index is 0.0333. The van der Waals surface area contributed by atoms with Gasteiger partial charge in [-0.3, -0.25) is 19.1 Å². The van der Waals surface area contributed by atoms with Crippen molar-refractivity contribution >= 4 is 23.1 Å². The lowest BCUT2D eigenvalue weighted by Gasteiger charge is -2.25. The third-order valence-electron chi connectivity index (χ3n) is 5.31. The van der Waals surface area contributed by atoms with Crippen LogP contribution in [0.4, 0.5) is 17.2 Å². The van der Waals surface area contributed by atoms with E-state index in [2.05, 4.69) is 16.8 Å². The molecule has 2 aromatic rings. The highest BCUT2D eigenvalue weighted by atomic mass is 16.2. The number of carbonyl (C=O) groups excluding carboxylic acids is 1. The lowest BCUT2D eigenvalue weighted by Crippen LogP contribution is -2.41. The first-order chi connectivity index (χ1) is 14.8. The number of hydrogen-bond acceptors (Lipinski definition) is 5. The van der Waals surface area contributed by atoms with Crippen LogP contribution in [0.25, 0.3) is 0 Å². The van der Waals surface area contributed by atoms with Crippen LogP contribution in [0, 0.1) is 0 Å². The lowest BCUT2D eigenvalue weighted by atomic mass is 10.1. The predicted molar refractivity (Wildman–Crippen MR) is 127 cm³/mol. The van der Waals surface area contributed by atoms with Crippen LogP contribution in [-0.4, -0.2) is 35.6 Å². The zero-order valence-electron chi connectivity index (χ0n) is 19.1. The summed E-state index contributed by atoms with van der Waals surface area (Å²) < 4.78 is 1.34. The highest BCUT2D eigenvalue weighted by Crippen LogP contribution is 2.22. The molecule has 0 spiro atoms. The number of H-pyrrole nitrogens is 1. The quantitative estimate of drug-likeness (QED) is 0.571. The van der Waals surface area contributed by atoms with Crippen molar-refractivity contribution in [3.63, 3.8) is 0 Å². The number of hydrogen-bond donors (Lipinski definition) is 2. The first-order valence-electron chi connectivity index (χ1n) is 11.1. The Morgan fingerprint density at radius 3 is 2.23 bits per heavy atom. The van der Waals surface area contributed by atoms with E-state index in [1.54, 1.807) is 12.1 Å². The van der Waals surface area contributed by atoms with Crippen molar-refractivity contribution in [1.82, 2.24) is 9.55 Å². The van der Waals surface area contributed by atoms with Gasteiger partial charge in [-0.25, -0.2) is 4.79 Å². The minimum atomic E-state index is -0.640. The van der Waals surface area contributed by atoms with Gasteiger partial charge in [0, 0.05) is 37.9 Å². The Balaban J connectivity index is 2.47. The maximum Gasteiger partial charge on any atom is 0.330 e. The summed E-state index contributed by atoms with van der Waals surface area (Å²) in [5.74, 6) is -0.276. The Labute approximate surface area is 183 Å². The zero-order chi connectivity index (χ0) is 23.0. The third kappa shape index (κ3) is 5.77. The maximum absolute atomic E-state index is 13.4. The Morgan fingerprint density at radius 1 is 1.00 bits per heavy atom. The van der Waals surface area contributed by atoms with Crippen molar-refractivity contribution in [3.05, 3.63) is 50.7 Å². The van der Waals surface area contributed by atoms with Gasteiger partial charge in [0.2, 0.25) is 0 Å². The standard InChI is InChI=1S/C23H35N5O3/c1-5-8-15-27(19-20(24)28(16-9-6-2)23(31)25-21(19)29)22(30)17-10-12-18(13-11-17)26(4)14-7-3/h10-13H,5-9,14-16,24H2,1-4H3,(H,25,29,31). The molecule has 170 valence electrons. The van der Waals surface area contributed by atoms with Crippen LogP contribution in [0.15, 0.2) is 33.9 Å². The fraction of sp³-hybridized carbons (Fsp3) is 0.522. The zero-order valence-corrected chi connectivity index (χ0v) is 19.1. The van der Waals surface area contributed by atoms with Crippen LogP contribution in [-0.2, 0) is 6.54 Å². The molecular weight excluding hydrogens is 394 g/mol. The largest absolute Gasteiger partial charge is 0.383 e. The molecule has 0 unspecified atom stereocenters. The van der Waals surface area contributed by atoms with Crippen molar-refractivity contribution in [3.8, 4) is 0 Å². The number of unbranched alkanes of at least 4 members (excludes halogenated alkanes) is 2. The molecule has 0 bridgehead atoms. The normalized spacial score (nSPS) is 10.8. The number of nitrogens with zero attached hydrogens (tertiary/aromatic N) is 3. The molecule has 0 aliphatic carbocycles. The smallest absolute Gasteiger partial charge is 0.330 e. The van der Waals surface area contributed by atoms with E-state index in [-0.39, 0.29) is 17.4 Å². The SMILES string of the molecule is CCCCN(C(=O)c1ccc(N(C)CCC)cc1)c1c(N)n(CCCC)c(=O)[nH]c1=O. The number of amides is 1. The van der Waals surface area contributed by atoms with E-state index in [4.69, 9.17) is 5.73 Å². The van der Waals surface area contributed by atoms with Gasteiger partial charge in [0.25, 0.3) is 11.5 Å². The molecule has 8 nitrogen and oxygen atoms in total. The average Bonchev–Trinajstić information content (AvgIpc) is 2.75. The van der Waals surface area contributed by atoms with Gasteiger partial charge >= 0.3 is 5.69 Å². The van der Waals surface area contributed by atoms with Gasteiger partial charge < -0.3 is 15.5 Å². The Bertz CT molecular complexity index is 978. The lowest BCUT2D eigenvalue weighted by molar-refractivity contribution is 0.0986. The fourth-order valence-corrected chi connectivity index (χ4v) is 3.49. The van der Waals surface area contributed by atoms with Crippen molar-refractivity contribution in [2.75, 3.05) is 35.7 Å². The second-order valence-electron chi connectivity index (χ2n) is 7.78. The number of rotatable bonds is 11. The van der Waals surface area contributed by atoms with Crippen LogP contribution in [0.5, 0.6) is 0 Å². The van der Waals surface area contributed by atoms with E-state index in [1.165, 1.54) is 9.47 Å². The second-order valence-corrected chi connectivity index (χ2v) is 7.78. The molecule has 0 fully saturated rings. The number of nitrogen functional groups attached to an aromatic ring is 1. The number of carbonyl (C=O) groups is 1. The molecule has 0 saturated heterocycles. The first kappa shape index (κ1) is 24.2. The number of aromatic nitrogens is 2. The molecule has 31 heavy (non-hydrogen) atoms. The summed E-state index contributed by atoms with van der Waals surface area (Å²) >= 11 is 0. The van der Waals surface area contributed by atoms with Crippen molar-refractivity contribution in [2.24, 2.45) is 0 Å². The highest BCUT2D eigenvalue weighted by molar-refractivity contribution is 6.07. The number of nitrogens with one attached hydrogen (secondary N) is 1. The number of benzene rings is 1. The van der Waals surface area contributed by atoms with Gasteiger partial charge in [-0.2, -0.15) is 0 Å². The molecule has 0 atom stereocenters. The molecule has 2 rings (SSSR count). The molecule has 1 heterocycles.